The van der Waals surface area contributed by atoms with Crippen LogP contribution in [0.3, 0.4) is 0 Å². The molecule has 1 atom stereocenters. The number of phenols is 1. The summed E-state index contributed by atoms with van der Waals surface area (Å²) in [5.41, 5.74) is -0.573. The van der Waals surface area contributed by atoms with Crippen molar-refractivity contribution in [3.8, 4) is 17.0 Å². The van der Waals surface area contributed by atoms with E-state index < -0.39 is 23.1 Å². The second kappa shape index (κ2) is 8.69. The number of fused-ring (bicyclic) bond motifs is 1. The number of amides is 1. The maximum Gasteiger partial charge on any atom is 0.416 e. The van der Waals surface area contributed by atoms with Crippen LogP contribution in [0, 0.1) is 0 Å². The van der Waals surface area contributed by atoms with Gasteiger partial charge in [-0.3, -0.25) is 4.40 Å². The Balaban J connectivity index is 1.57. The highest BCUT2D eigenvalue weighted by Gasteiger charge is 2.32. The van der Waals surface area contributed by atoms with Crippen LogP contribution in [0.15, 0.2) is 36.5 Å². The topological polar surface area (TPSA) is 92.0 Å². The number of piperidine rings is 1. The average Bonchev–Trinajstić information content (AvgIpc) is 3.23. The number of phenolic OH excluding ortho intramolecular Hbond substituents is 1. The predicted molar refractivity (Wildman–Crippen MR) is 120 cm³/mol. The summed E-state index contributed by atoms with van der Waals surface area (Å²) in [4.78, 5) is 14.1. The molecule has 8 nitrogen and oxygen atoms in total. The van der Waals surface area contributed by atoms with Crippen molar-refractivity contribution in [3.05, 3.63) is 42.1 Å². The normalized spacial score (nSPS) is 17.1. The summed E-state index contributed by atoms with van der Waals surface area (Å²) in [6.07, 6.45) is -1.59. The Labute approximate surface area is 194 Å². The van der Waals surface area contributed by atoms with Crippen LogP contribution in [0.1, 0.15) is 39.2 Å². The molecule has 0 saturated carbocycles. The first kappa shape index (κ1) is 23.7. The van der Waals surface area contributed by atoms with Crippen molar-refractivity contribution in [2.75, 3.05) is 18.4 Å². The number of benzene rings is 1. The van der Waals surface area contributed by atoms with Gasteiger partial charge in [0.1, 0.15) is 17.0 Å². The molecule has 11 heteroatoms. The smallest absolute Gasteiger partial charge is 0.416 e. The molecule has 3 aromatic rings. The van der Waals surface area contributed by atoms with Gasteiger partial charge in [-0.15, -0.1) is 10.2 Å². The van der Waals surface area contributed by atoms with Gasteiger partial charge in [0.25, 0.3) is 0 Å². The minimum atomic E-state index is -4.56. The summed E-state index contributed by atoms with van der Waals surface area (Å²) in [7, 11) is 0. The van der Waals surface area contributed by atoms with Crippen molar-refractivity contribution in [2.24, 2.45) is 0 Å². The minimum absolute atomic E-state index is 0.0912. The summed E-state index contributed by atoms with van der Waals surface area (Å²) >= 11 is 0. The fourth-order valence-electron chi connectivity index (χ4n) is 3.92. The first-order valence-corrected chi connectivity index (χ1v) is 10.9. The summed E-state index contributed by atoms with van der Waals surface area (Å²) in [6, 6.07) is 6.16. The number of hydrogen-bond donors (Lipinski definition) is 2. The number of hydrogen-bond acceptors (Lipinski definition) is 6. The number of aromatic hydroxyl groups is 1. The first-order valence-electron chi connectivity index (χ1n) is 10.9. The molecule has 182 valence electrons. The highest BCUT2D eigenvalue weighted by Crippen LogP contribution is 2.37. The lowest BCUT2D eigenvalue weighted by atomic mass is 10.1. The van der Waals surface area contributed by atoms with Crippen LogP contribution in [-0.4, -0.2) is 55.4 Å². The third kappa shape index (κ3) is 5.02. The van der Waals surface area contributed by atoms with Crippen molar-refractivity contribution >= 4 is 17.6 Å². The van der Waals surface area contributed by atoms with Gasteiger partial charge in [-0.2, -0.15) is 13.2 Å². The maximum absolute atomic E-state index is 13.0. The van der Waals surface area contributed by atoms with Crippen LogP contribution >= 0.6 is 0 Å². The quantitative estimate of drug-likeness (QED) is 0.556. The number of anilines is 1. The SMILES string of the molecule is CC(C)(C)OC(=O)N1CCC[C@@H](Nc2nnc(-c3ccc(C(F)(F)F)cc3O)c3cccn23)C1. The molecule has 0 spiro atoms. The minimum Gasteiger partial charge on any atom is -0.507 e. The molecule has 1 amide bonds. The van der Waals surface area contributed by atoms with E-state index in [2.05, 4.69) is 15.5 Å². The number of carbonyl (C=O) groups excluding carboxylic acids is 1. The molecule has 1 aliphatic rings. The van der Waals surface area contributed by atoms with Gasteiger partial charge in [0.2, 0.25) is 5.95 Å². The molecule has 3 heterocycles. The largest absolute Gasteiger partial charge is 0.507 e. The lowest BCUT2D eigenvalue weighted by Gasteiger charge is -2.34. The van der Waals surface area contributed by atoms with E-state index in [1.54, 1.807) is 27.6 Å². The van der Waals surface area contributed by atoms with Gasteiger partial charge in [-0.1, -0.05) is 0 Å². The molecule has 2 N–H and O–H groups in total. The molecule has 2 aromatic heterocycles. The number of nitrogens with one attached hydrogen (secondary N) is 1. The van der Waals surface area contributed by atoms with E-state index in [9.17, 15) is 23.1 Å². The number of likely N-dealkylation sites (tertiary alicyclic amines) is 1. The van der Waals surface area contributed by atoms with Crippen molar-refractivity contribution in [1.82, 2.24) is 19.5 Å². The van der Waals surface area contributed by atoms with E-state index in [1.165, 1.54) is 6.07 Å². The zero-order chi connectivity index (χ0) is 24.7. The molecule has 0 bridgehead atoms. The second-order valence-corrected chi connectivity index (χ2v) is 9.28. The summed E-state index contributed by atoms with van der Waals surface area (Å²) < 4.78 is 46.1. The lowest BCUT2D eigenvalue weighted by Crippen LogP contribution is -2.47. The maximum atomic E-state index is 13.0. The number of alkyl halides is 3. The standard InChI is InChI=1S/C23H26F3N5O3/c1-22(2,3)34-21(33)30-10-4-6-15(13-30)27-20-29-28-19(17-7-5-11-31(17)20)16-9-8-14(12-18(16)32)23(24,25)26/h5,7-9,11-12,15,32H,4,6,10,13H2,1-3H3,(H,27,29)/t15-/m1/s1. The van der Waals surface area contributed by atoms with Gasteiger partial charge in [0.05, 0.1) is 11.1 Å². The zero-order valence-electron chi connectivity index (χ0n) is 19.1. The van der Waals surface area contributed by atoms with E-state index >= 15 is 0 Å². The van der Waals surface area contributed by atoms with Gasteiger partial charge in [-0.25, -0.2) is 4.79 Å². The van der Waals surface area contributed by atoms with Crippen molar-refractivity contribution in [2.45, 2.75) is 51.4 Å². The highest BCUT2D eigenvalue weighted by molar-refractivity contribution is 5.81. The van der Waals surface area contributed by atoms with Crippen LogP contribution in [0.4, 0.5) is 23.9 Å². The van der Waals surface area contributed by atoms with Crippen LogP contribution < -0.4 is 5.32 Å². The molecule has 4 rings (SSSR count). The second-order valence-electron chi connectivity index (χ2n) is 9.28. The van der Waals surface area contributed by atoms with E-state index in [0.717, 1.165) is 18.9 Å². The Morgan fingerprint density at radius 2 is 1.97 bits per heavy atom. The Morgan fingerprint density at radius 1 is 1.21 bits per heavy atom. The molecule has 0 unspecified atom stereocenters. The number of ether oxygens (including phenoxy) is 1. The third-order valence-corrected chi connectivity index (χ3v) is 5.45. The number of rotatable bonds is 3. The lowest BCUT2D eigenvalue weighted by molar-refractivity contribution is -0.137. The van der Waals surface area contributed by atoms with Gasteiger partial charge in [0.15, 0.2) is 0 Å². The van der Waals surface area contributed by atoms with Crippen LogP contribution in [-0.2, 0) is 10.9 Å². The molecule has 0 aliphatic carbocycles. The summed E-state index contributed by atoms with van der Waals surface area (Å²) in [5.74, 6) is -0.112. The molecule has 34 heavy (non-hydrogen) atoms. The number of carbonyl (C=O) groups is 1. The van der Waals surface area contributed by atoms with Crippen LogP contribution in [0.25, 0.3) is 16.8 Å². The molecule has 1 saturated heterocycles. The van der Waals surface area contributed by atoms with E-state index in [4.69, 9.17) is 4.74 Å². The Bertz CT molecular complexity index is 1200. The Hall–Kier alpha value is -3.50. The van der Waals surface area contributed by atoms with Gasteiger partial charge in [0, 0.05) is 30.9 Å². The van der Waals surface area contributed by atoms with E-state index in [-0.39, 0.29) is 23.4 Å². The Morgan fingerprint density at radius 3 is 2.65 bits per heavy atom. The average molecular weight is 477 g/mol. The van der Waals surface area contributed by atoms with Crippen LogP contribution in [0.5, 0.6) is 5.75 Å². The first-order chi connectivity index (χ1) is 15.9. The molecule has 1 aromatic carbocycles. The van der Waals surface area contributed by atoms with Gasteiger partial charge < -0.3 is 20.1 Å². The monoisotopic (exact) mass is 477 g/mol. The van der Waals surface area contributed by atoms with Crippen LogP contribution in [0.2, 0.25) is 0 Å². The number of aromatic nitrogens is 3. The van der Waals surface area contributed by atoms with Crippen molar-refractivity contribution < 1.29 is 27.8 Å². The number of nitrogens with zero attached hydrogens (tertiary/aromatic N) is 4. The molecule has 1 aliphatic heterocycles. The fourth-order valence-corrected chi connectivity index (χ4v) is 3.92. The van der Waals surface area contributed by atoms with Crippen molar-refractivity contribution in [1.29, 1.82) is 0 Å². The van der Waals surface area contributed by atoms with E-state index in [1.807, 2.05) is 20.8 Å². The summed E-state index contributed by atoms with van der Waals surface area (Å²) in [6.45, 7) is 6.49. The molecule has 1 fully saturated rings. The number of halogens is 3. The summed E-state index contributed by atoms with van der Waals surface area (Å²) in [5, 5.41) is 22.0. The highest BCUT2D eigenvalue weighted by atomic mass is 19.4. The molecule has 0 radical (unpaired) electrons. The molecular weight excluding hydrogens is 451 g/mol. The predicted octanol–water partition coefficient (Wildman–Crippen LogP) is 4.93. The van der Waals surface area contributed by atoms with Gasteiger partial charge >= 0.3 is 12.3 Å². The third-order valence-electron chi connectivity index (χ3n) is 5.45. The molecular formula is C23H26F3N5O3. The fraction of sp³-hybridized carbons (Fsp3) is 0.435. The zero-order valence-corrected chi connectivity index (χ0v) is 19.1. The Kier molecular flexibility index (Phi) is 6.05. The van der Waals surface area contributed by atoms with Gasteiger partial charge in [-0.05, 0) is 63.9 Å². The van der Waals surface area contributed by atoms with E-state index in [0.29, 0.717) is 30.6 Å². The van der Waals surface area contributed by atoms with Crippen molar-refractivity contribution in [3.63, 3.8) is 0 Å².